The van der Waals surface area contributed by atoms with Crippen LogP contribution in [0.3, 0.4) is 0 Å². The Morgan fingerprint density at radius 1 is 0.875 bits per heavy atom. The van der Waals surface area contributed by atoms with E-state index in [1.165, 1.54) is 13.2 Å². The van der Waals surface area contributed by atoms with Gasteiger partial charge in [-0.3, -0.25) is 8.74 Å². The normalized spacial score (nSPS) is 13.0. The third kappa shape index (κ3) is 5.74. The Kier molecular flexibility index (Phi) is 7.37. The van der Waals surface area contributed by atoms with Gasteiger partial charge in [0.1, 0.15) is 11.5 Å². The predicted molar refractivity (Wildman–Crippen MR) is 126 cm³/mol. The highest BCUT2D eigenvalue weighted by atomic mass is 32.2. The number of benzene rings is 3. The van der Waals surface area contributed by atoms with Gasteiger partial charge in [-0.25, -0.2) is 0 Å². The molecular formula is C22H23O7PS2. The van der Waals surface area contributed by atoms with Gasteiger partial charge in [0.15, 0.2) is 0 Å². The van der Waals surface area contributed by atoms with Gasteiger partial charge >= 0.3 is 0 Å². The van der Waals surface area contributed by atoms with Crippen molar-refractivity contribution in [3.8, 4) is 5.75 Å². The molecule has 7 nitrogen and oxygen atoms in total. The summed E-state index contributed by atoms with van der Waals surface area (Å²) in [4.78, 5) is 0.0192. The van der Waals surface area contributed by atoms with Crippen molar-refractivity contribution in [1.82, 2.24) is 0 Å². The minimum Gasteiger partial charge on any atom is -0.496 e. The zero-order valence-corrected chi connectivity index (χ0v) is 20.2. The fourth-order valence-corrected chi connectivity index (χ4v) is 7.28. The highest BCUT2D eigenvalue weighted by Gasteiger charge is 2.24. The fraction of sp³-hybridized carbons (Fsp3) is 0.182. The quantitative estimate of drug-likeness (QED) is 0.291. The van der Waals surface area contributed by atoms with Crippen LogP contribution in [-0.2, 0) is 30.2 Å². The topological polar surface area (TPSA) is 107 Å². The Hall–Kier alpha value is -2.29. The van der Waals surface area contributed by atoms with Crippen LogP contribution in [0.5, 0.6) is 5.75 Å². The zero-order valence-electron chi connectivity index (χ0n) is 17.7. The first-order chi connectivity index (χ1) is 15.0. The molecule has 0 aliphatic heterocycles. The van der Waals surface area contributed by atoms with Crippen molar-refractivity contribution in [2.75, 3.05) is 14.2 Å². The van der Waals surface area contributed by atoms with Gasteiger partial charge in [-0.05, 0) is 55.3 Å². The molecular weight excluding hydrogens is 471 g/mol. The van der Waals surface area contributed by atoms with Crippen LogP contribution in [0, 0.1) is 6.92 Å². The number of hydrogen-bond acceptors (Lipinski definition) is 6. The van der Waals surface area contributed by atoms with Crippen LogP contribution in [0.1, 0.15) is 11.1 Å². The van der Waals surface area contributed by atoms with Crippen LogP contribution in [0.2, 0.25) is 0 Å². The third-order valence-corrected chi connectivity index (χ3v) is 9.07. The van der Waals surface area contributed by atoms with Crippen molar-refractivity contribution >= 4 is 44.1 Å². The molecule has 32 heavy (non-hydrogen) atoms. The van der Waals surface area contributed by atoms with Crippen molar-refractivity contribution < 1.29 is 30.3 Å². The largest absolute Gasteiger partial charge is 0.496 e. The summed E-state index contributed by atoms with van der Waals surface area (Å²) in [5.41, 5.74) is 1.41. The zero-order chi connectivity index (χ0) is 23.5. The lowest BCUT2D eigenvalue weighted by molar-refractivity contribution is 0.398. The van der Waals surface area contributed by atoms with Gasteiger partial charge in [0, 0.05) is 5.30 Å². The Balaban J connectivity index is 2.28. The summed E-state index contributed by atoms with van der Waals surface area (Å²) in [5, 5.41) is 2.33. The van der Waals surface area contributed by atoms with Crippen molar-refractivity contribution in [2.45, 2.75) is 17.6 Å². The van der Waals surface area contributed by atoms with Crippen LogP contribution in [0.25, 0.3) is 0 Å². The van der Waals surface area contributed by atoms with E-state index in [4.69, 9.17) is 4.74 Å². The lowest BCUT2D eigenvalue weighted by Gasteiger charge is -2.23. The molecule has 0 saturated heterocycles. The highest BCUT2D eigenvalue weighted by molar-refractivity contribution is 7.87. The second-order valence-corrected chi connectivity index (χ2v) is 12.4. The van der Waals surface area contributed by atoms with Crippen LogP contribution in [0.15, 0.2) is 71.6 Å². The molecule has 3 aromatic rings. The van der Waals surface area contributed by atoms with Crippen LogP contribution >= 0.6 is 7.92 Å². The maximum atomic E-state index is 12.3. The summed E-state index contributed by atoms with van der Waals surface area (Å²) in [7, 11) is -6.86. The van der Waals surface area contributed by atoms with Crippen molar-refractivity contribution in [3.05, 3.63) is 77.9 Å². The van der Waals surface area contributed by atoms with Gasteiger partial charge in [0.05, 0.1) is 19.1 Å². The molecule has 0 heterocycles. The highest BCUT2D eigenvalue weighted by Crippen LogP contribution is 2.38. The summed E-state index contributed by atoms with van der Waals surface area (Å²) >= 11 is 0. The fourth-order valence-electron chi connectivity index (χ4n) is 3.28. The van der Waals surface area contributed by atoms with Crippen molar-refractivity contribution in [1.29, 1.82) is 0 Å². The molecule has 0 spiro atoms. The molecule has 1 atom stereocenters. The molecule has 0 aliphatic carbocycles. The molecule has 170 valence electrons. The first-order valence-corrected chi connectivity index (χ1v) is 13.8. The minimum atomic E-state index is -4.23. The molecule has 0 fully saturated rings. The summed E-state index contributed by atoms with van der Waals surface area (Å²) < 4.78 is 67.1. The molecule has 1 unspecified atom stereocenters. The maximum Gasteiger partial charge on any atom is 0.296 e. The molecule has 0 bridgehead atoms. The van der Waals surface area contributed by atoms with Crippen LogP contribution < -0.4 is 20.7 Å². The van der Waals surface area contributed by atoms with Crippen LogP contribution in [0.4, 0.5) is 0 Å². The minimum absolute atomic E-state index is 0.0192. The van der Waals surface area contributed by atoms with Gasteiger partial charge < -0.3 is 4.74 Å². The molecule has 0 aromatic heterocycles. The first kappa shape index (κ1) is 24.4. The van der Waals surface area contributed by atoms with E-state index in [1.54, 1.807) is 30.3 Å². The van der Waals surface area contributed by atoms with Crippen molar-refractivity contribution in [2.24, 2.45) is 0 Å². The van der Waals surface area contributed by atoms with E-state index >= 15 is 0 Å². The van der Waals surface area contributed by atoms with Gasteiger partial charge in [-0.15, -0.1) is 0 Å². The second kappa shape index (κ2) is 9.68. The van der Waals surface area contributed by atoms with Crippen LogP contribution in [-0.4, -0.2) is 35.6 Å². The number of rotatable bonds is 8. The Morgan fingerprint density at radius 3 is 2.12 bits per heavy atom. The Bertz CT molecular complexity index is 1340. The molecule has 1 N–H and O–H groups in total. The molecule has 3 aromatic carbocycles. The lowest BCUT2D eigenvalue weighted by atomic mass is 10.2. The second-order valence-electron chi connectivity index (χ2n) is 7.03. The van der Waals surface area contributed by atoms with E-state index in [0.29, 0.717) is 21.9 Å². The predicted octanol–water partition coefficient (Wildman–Crippen LogP) is 2.48. The Labute approximate surface area is 189 Å². The smallest absolute Gasteiger partial charge is 0.296 e. The van der Waals surface area contributed by atoms with Gasteiger partial charge in [-0.1, -0.05) is 48.0 Å². The van der Waals surface area contributed by atoms with E-state index < -0.39 is 33.9 Å². The average molecular weight is 495 g/mol. The summed E-state index contributed by atoms with van der Waals surface area (Å²) in [6, 6.07) is 19.2. The third-order valence-electron chi connectivity index (χ3n) is 4.68. The molecule has 10 heteroatoms. The van der Waals surface area contributed by atoms with E-state index in [-0.39, 0.29) is 4.90 Å². The van der Waals surface area contributed by atoms with Gasteiger partial charge in [0.25, 0.3) is 20.2 Å². The number of hydrogen-bond donors (Lipinski definition) is 1. The lowest BCUT2D eigenvalue weighted by Crippen LogP contribution is -2.23. The average Bonchev–Trinajstić information content (AvgIpc) is 2.73. The molecule has 0 saturated carbocycles. The first-order valence-electron chi connectivity index (χ1n) is 9.43. The summed E-state index contributed by atoms with van der Waals surface area (Å²) in [6.45, 7) is 1.95. The SMILES string of the molecule is COc1ccc(CS(=O)(=O)O)cc1P(c1cccc(C)c1)c1cccc(S(=O)(=O)OC)c1. The molecule has 0 amide bonds. The monoisotopic (exact) mass is 494 g/mol. The number of aryl methyl sites for hydroxylation is 1. The van der Waals surface area contributed by atoms with E-state index in [2.05, 4.69) is 4.18 Å². The van der Waals surface area contributed by atoms with Crippen molar-refractivity contribution in [3.63, 3.8) is 0 Å². The maximum absolute atomic E-state index is 12.3. The standard InChI is InChI=1S/C22H23O7PS2/c1-16-6-4-7-18(12-16)30(19-8-5-9-20(14-19)32(26,27)29-3)22-13-17(15-31(23,24)25)10-11-21(22)28-2/h4-14H,15H2,1-3H3,(H,23,24,25). The summed E-state index contributed by atoms with van der Waals surface area (Å²) in [6.07, 6.45) is 0. The number of ether oxygens (including phenoxy) is 1. The molecule has 3 rings (SSSR count). The van der Waals surface area contributed by atoms with E-state index in [9.17, 15) is 21.4 Å². The Morgan fingerprint density at radius 2 is 1.53 bits per heavy atom. The van der Waals surface area contributed by atoms with E-state index in [0.717, 1.165) is 18.0 Å². The van der Waals surface area contributed by atoms with Gasteiger partial charge in [0.2, 0.25) is 0 Å². The van der Waals surface area contributed by atoms with E-state index in [1.807, 2.05) is 37.3 Å². The summed E-state index contributed by atoms with van der Waals surface area (Å²) in [5.74, 6) is -0.0179. The molecule has 0 aliphatic rings. The van der Waals surface area contributed by atoms with Gasteiger partial charge in [-0.2, -0.15) is 16.8 Å². The molecule has 0 radical (unpaired) electrons. The number of methoxy groups -OCH3 is 1.